The Morgan fingerprint density at radius 1 is 1.15 bits per heavy atom. The van der Waals surface area contributed by atoms with E-state index >= 15 is 0 Å². The van der Waals surface area contributed by atoms with E-state index in [0.717, 1.165) is 48.5 Å². The molecule has 1 N–H and O–H groups in total. The van der Waals surface area contributed by atoms with Crippen LogP contribution in [0.25, 0.3) is 10.9 Å². The summed E-state index contributed by atoms with van der Waals surface area (Å²) in [4.78, 5) is 20.2. The zero-order chi connectivity index (χ0) is 19.0. The molecule has 0 spiro atoms. The molecule has 4 rings (SSSR count). The number of morpholine rings is 1. The van der Waals surface area contributed by atoms with Gasteiger partial charge in [0, 0.05) is 24.2 Å². The highest BCUT2D eigenvalue weighted by molar-refractivity contribution is 6.07. The van der Waals surface area contributed by atoms with E-state index in [2.05, 4.69) is 35.1 Å². The van der Waals surface area contributed by atoms with Gasteiger partial charge in [-0.1, -0.05) is 12.1 Å². The van der Waals surface area contributed by atoms with Crippen LogP contribution in [0.1, 0.15) is 27.2 Å². The number of carbonyl (C=O) groups excluding carboxylic acids is 1. The van der Waals surface area contributed by atoms with Crippen molar-refractivity contribution < 1.29 is 14.3 Å². The van der Waals surface area contributed by atoms with Crippen LogP contribution in [-0.2, 0) is 9.47 Å². The number of benzene rings is 1. The molecule has 2 fully saturated rings. The number of pyridine rings is 1. The molecule has 6 heteroatoms. The van der Waals surface area contributed by atoms with Crippen LogP contribution in [0, 0.1) is 20.8 Å². The Labute approximate surface area is 159 Å². The summed E-state index contributed by atoms with van der Waals surface area (Å²) < 4.78 is 11.1. The molecule has 3 heterocycles. The topological polar surface area (TPSA) is 63.7 Å². The number of nitrogens with one attached hydrogen (secondary N) is 1. The molecule has 1 amide bonds. The maximum Gasteiger partial charge on any atom is 0.252 e. The number of aromatic nitrogens is 1. The van der Waals surface area contributed by atoms with Crippen LogP contribution in [0.4, 0.5) is 0 Å². The fourth-order valence-electron chi connectivity index (χ4n) is 4.04. The Morgan fingerprint density at radius 3 is 2.70 bits per heavy atom. The first-order chi connectivity index (χ1) is 13.0. The number of aryl methyl sites for hydroxylation is 3. The van der Waals surface area contributed by atoms with E-state index in [0.29, 0.717) is 18.8 Å². The van der Waals surface area contributed by atoms with Crippen molar-refractivity contribution in [3.8, 4) is 0 Å². The first kappa shape index (κ1) is 18.3. The van der Waals surface area contributed by atoms with E-state index in [1.165, 1.54) is 5.56 Å². The zero-order valence-corrected chi connectivity index (χ0v) is 16.2. The van der Waals surface area contributed by atoms with E-state index in [4.69, 9.17) is 9.47 Å². The fraction of sp³-hybridized carbons (Fsp3) is 0.524. The lowest BCUT2D eigenvalue weighted by Crippen LogP contribution is -2.54. The van der Waals surface area contributed by atoms with E-state index in [1.807, 2.05) is 19.1 Å². The minimum Gasteiger partial charge on any atom is -0.379 e. The van der Waals surface area contributed by atoms with Crippen molar-refractivity contribution in [2.24, 2.45) is 0 Å². The van der Waals surface area contributed by atoms with Gasteiger partial charge in [0.15, 0.2) is 0 Å². The van der Waals surface area contributed by atoms with Crippen molar-refractivity contribution in [2.45, 2.75) is 32.9 Å². The Bertz CT molecular complexity index is 861. The van der Waals surface area contributed by atoms with Crippen LogP contribution in [-0.4, -0.2) is 67.4 Å². The molecule has 2 aliphatic rings. The van der Waals surface area contributed by atoms with Crippen molar-refractivity contribution in [1.82, 2.24) is 15.2 Å². The normalized spacial score (nSPS) is 23.7. The molecule has 27 heavy (non-hydrogen) atoms. The summed E-state index contributed by atoms with van der Waals surface area (Å²) in [6.07, 6.45) is 0. The van der Waals surface area contributed by atoms with Crippen molar-refractivity contribution in [2.75, 3.05) is 39.5 Å². The zero-order valence-electron chi connectivity index (χ0n) is 16.2. The minimum absolute atomic E-state index is 0.00864. The summed E-state index contributed by atoms with van der Waals surface area (Å²) in [6, 6.07) is 6.14. The number of hydrogen-bond acceptors (Lipinski definition) is 5. The number of rotatable bonds is 3. The van der Waals surface area contributed by atoms with Gasteiger partial charge in [0.1, 0.15) is 0 Å². The number of hydrogen-bond donors (Lipinski definition) is 1. The van der Waals surface area contributed by atoms with Crippen molar-refractivity contribution in [3.63, 3.8) is 0 Å². The summed E-state index contributed by atoms with van der Waals surface area (Å²) in [5.74, 6) is -0.0532. The average Bonchev–Trinajstić information content (AvgIpc) is 3.13. The maximum absolute atomic E-state index is 13.2. The summed E-state index contributed by atoms with van der Waals surface area (Å²) in [5.41, 5.74) is 4.76. The van der Waals surface area contributed by atoms with Crippen LogP contribution in [0.2, 0.25) is 0 Å². The Hall–Kier alpha value is -2.02. The van der Waals surface area contributed by atoms with E-state index in [-0.39, 0.29) is 18.0 Å². The van der Waals surface area contributed by atoms with E-state index in [9.17, 15) is 4.79 Å². The van der Waals surface area contributed by atoms with Crippen molar-refractivity contribution in [1.29, 1.82) is 0 Å². The van der Waals surface area contributed by atoms with Crippen LogP contribution in [0.15, 0.2) is 18.2 Å². The molecule has 0 radical (unpaired) electrons. The molecule has 1 aromatic heterocycles. The third-order valence-electron chi connectivity index (χ3n) is 5.76. The van der Waals surface area contributed by atoms with Crippen LogP contribution in [0.5, 0.6) is 0 Å². The number of fused-ring (bicyclic) bond motifs is 1. The third-order valence-corrected chi connectivity index (χ3v) is 5.76. The van der Waals surface area contributed by atoms with Crippen molar-refractivity contribution in [3.05, 3.63) is 40.6 Å². The summed E-state index contributed by atoms with van der Waals surface area (Å²) >= 11 is 0. The van der Waals surface area contributed by atoms with Gasteiger partial charge >= 0.3 is 0 Å². The molecule has 2 aliphatic heterocycles. The summed E-state index contributed by atoms with van der Waals surface area (Å²) in [5, 5.41) is 4.13. The second-order valence-corrected chi connectivity index (χ2v) is 7.55. The lowest BCUT2D eigenvalue weighted by Gasteiger charge is -2.34. The largest absolute Gasteiger partial charge is 0.379 e. The van der Waals surface area contributed by atoms with Gasteiger partial charge in [-0.2, -0.15) is 0 Å². The van der Waals surface area contributed by atoms with Gasteiger partial charge in [-0.15, -0.1) is 0 Å². The lowest BCUT2D eigenvalue weighted by atomic mass is 10.00. The highest BCUT2D eigenvalue weighted by Gasteiger charge is 2.35. The standard InChI is InChI=1S/C21H27N3O3/c1-13-4-5-16-17(10-14(2)22-20(16)15(13)3)21(25)23-18-11-27-12-19(18)24-6-8-26-9-7-24/h4-5,10,18-19H,6-9,11-12H2,1-3H3,(H,23,25)/t18-,19-/m1/s1. The summed E-state index contributed by atoms with van der Waals surface area (Å²) in [7, 11) is 0. The maximum atomic E-state index is 13.2. The Balaban J connectivity index is 1.60. The van der Waals surface area contributed by atoms with Gasteiger partial charge in [0.25, 0.3) is 5.91 Å². The Morgan fingerprint density at radius 2 is 1.93 bits per heavy atom. The highest BCUT2D eigenvalue weighted by atomic mass is 16.5. The SMILES string of the molecule is Cc1cc(C(=O)N[C@@H]2COC[C@H]2N2CCOCC2)c2ccc(C)c(C)c2n1. The van der Waals surface area contributed by atoms with E-state index in [1.54, 1.807) is 0 Å². The number of ether oxygens (including phenoxy) is 2. The molecule has 2 aromatic rings. The first-order valence-electron chi connectivity index (χ1n) is 9.62. The third kappa shape index (κ3) is 3.57. The van der Waals surface area contributed by atoms with Gasteiger partial charge < -0.3 is 14.8 Å². The molecule has 1 aromatic carbocycles. The minimum atomic E-state index is -0.0532. The molecule has 2 saturated heterocycles. The average molecular weight is 369 g/mol. The fourth-order valence-corrected chi connectivity index (χ4v) is 4.04. The van der Waals surface area contributed by atoms with Gasteiger partial charge in [0.2, 0.25) is 0 Å². The predicted octanol–water partition coefficient (Wildman–Crippen LogP) is 1.99. The number of carbonyl (C=O) groups is 1. The lowest BCUT2D eigenvalue weighted by molar-refractivity contribution is 0.0108. The van der Waals surface area contributed by atoms with Crippen LogP contribution >= 0.6 is 0 Å². The molecular formula is C21H27N3O3. The highest BCUT2D eigenvalue weighted by Crippen LogP contribution is 2.24. The smallest absolute Gasteiger partial charge is 0.252 e. The Kier molecular flexibility index (Phi) is 5.12. The molecule has 144 valence electrons. The van der Waals surface area contributed by atoms with Gasteiger partial charge in [-0.05, 0) is 38.0 Å². The second-order valence-electron chi connectivity index (χ2n) is 7.55. The molecule has 0 saturated carbocycles. The second kappa shape index (κ2) is 7.54. The monoisotopic (exact) mass is 369 g/mol. The molecular weight excluding hydrogens is 342 g/mol. The van der Waals surface area contributed by atoms with Crippen LogP contribution < -0.4 is 5.32 Å². The first-order valence-corrected chi connectivity index (χ1v) is 9.62. The van der Waals surface area contributed by atoms with Gasteiger partial charge in [-0.3, -0.25) is 14.7 Å². The predicted molar refractivity (Wildman–Crippen MR) is 104 cm³/mol. The number of amides is 1. The summed E-state index contributed by atoms with van der Waals surface area (Å²) in [6.45, 7) is 10.5. The van der Waals surface area contributed by atoms with Gasteiger partial charge in [0.05, 0.1) is 49.6 Å². The number of nitrogens with zero attached hydrogens (tertiary/aromatic N) is 2. The molecule has 0 unspecified atom stereocenters. The quantitative estimate of drug-likeness (QED) is 0.896. The van der Waals surface area contributed by atoms with Crippen LogP contribution in [0.3, 0.4) is 0 Å². The molecule has 2 atom stereocenters. The molecule has 6 nitrogen and oxygen atoms in total. The van der Waals surface area contributed by atoms with Gasteiger partial charge in [-0.25, -0.2) is 0 Å². The molecule has 0 bridgehead atoms. The van der Waals surface area contributed by atoms with Crippen molar-refractivity contribution >= 4 is 16.8 Å². The van der Waals surface area contributed by atoms with E-state index < -0.39 is 0 Å². The molecule has 0 aliphatic carbocycles.